The van der Waals surface area contributed by atoms with Gasteiger partial charge in [0.25, 0.3) is 0 Å². The smallest absolute Gasteiger partial charge is 0.0382 e. The normalized spacial score (nSPS) is 13.2. The fourth-order valence-electron chi connectivity index (χ4n) is 8.10. The fourth-order valence-corrected chi connectivity index (χ4v) is 8.10. The van der Waals surface area contributed by atoms with Crippen molar-refractivity contribution in [3.05, 3.63) is 160 Å². The molecule has 0 aliphatic rings. The van der Waals surface area contributed by atoms with Crippen LogP contribution in [0.3, 0.4) is 0 Å². The number of rotatable bonds is 13. The van der Waals surface area contributed by atoms with Crippen molar-refractivity contribution in [2.45, 2.75) is 105 Å². The molecule has 0 bridgehead atoms. The molecule has 3 aromatic carbocycles. The molecule has 0 saturated heterocycles. The summed E-state index contributed by atoms with van der Waals surface area (Å²) in [6.07, 6.45) is 5.84. The Kier molecular flexibility index (Phi) is 11.8. The first kappa shape index (κ1) is 36.9. The van der Waals surface area contributed by atoms with Crippen LogP contribution in [0.25, 0.3) is 33.4 Å². The molecular weight excluding hydrogens is 631 g/mol. The second-order valence-corrected chi connectivity index (χ2v) is 15.2. The second-order valence-electron chi connectivity index (χ2n) is 15.2. The molecule has 3 aromatic heterocycles. The molecule has 3 atom stereocenters. The van der Waals surface area contributed by atoms with Gasteiger partial charge in [0.15, 0.2) is 0 Å². The van der Waals surface area contributed by atoms with E-state index in [1.165, 1.54) is 69.3 Å². The van der Waals surface area contributed by atoms with Crippen molar-refractivity contribution in [2.24, 2.45) is 0 Å². The van der Waals surface area contributed by atoms with Gasteiger partial charge in [-0.2, -0.15) is 0 Å². The maximum absolute atomic E-state index is 4.59. The van der Waals surface area contributed by atoms with Gasteiger partial charge in [-0.25, -0.2) is 0 Å². The standard InChI is InChI=1S/C49H55N3/c1-9-39(41-17-21-44(22-18-41)48-28-35(5)51-36(6)29-48)11-10-12-46(42-19-23-45(24-20-42)49-30-37(7)52-38(8)31-49)25-32(2)40-13-15-43(16-14-40)47-26-33(3)50-34(4)27-47/h13-24,26-32,39,46H,9-12,25H2,1-8H3. The number of aryl methyl sites for hydroxylation is 6. The molecule has 0 radical (unpaired) electrons. The van der Waals surface area contributed by atoms with E-state index in [1.807, 2.05) is 0 Å². The predicted octanol–water partition coefficient (Wildman–Crippen LogP) is 13.4. The highest BCUT2D eigenvalue weighted by Crippen LogP contribution is 2.37. The van der Waals surface area contributed by atoms with Gasteiger partial charge in [0, 0.05) is 34.2 Å². The zero-order valence-corrected chi connectivity index (χ0v) is 32.5. The quantitative estimate of drug-likeness (QED) is 0.121. The monoisotopic (exact) mass is 685 g/mol. The highest BCUT2D eigenvalue weighted by Gasteiger charge is 2.19. The molecule has 0 aliphatic carbocycles. The molecule has 0 saturated carbocycles. The molecule has 6 rings (SSSR count). The van der Waals surface area contributed by atoms with Gasteiger partial charge in [-0.3, -0.25) is 15.0 Å². The topological polar surface area (TPSA) is 38.7 Å². The van der Waals surface area contributed by atoms with Crippen molar-refractivity contribution in [2.75, 3.05) is 0 Å². The molecule has 52 heavy (non-hydrogen) atoms. The number of pyridine rings is 3. The summed E-state index contributed by atoms with van der Waals surface area (Å²) in [6, 6.07) is 41.1. The van der Waals surface area contributed by atoms with E-state index in [1.54, 1.807) is 0 Å². The second kappa shape index (κ2) is 16.6. The summed E-state index contributed by atoms with van der Waals surface area (Å²) in [5.41, 5.74) is 18.2. The van der Waals surface area contributed by atoms with Crippen LogP contribution in [0.5, 0.6) is 0 Å². The fraction of sp³-hybridized carbons (Fsp3) is 0.327. The van der Waals surface area contributed by atoms with Gasteiger partial charge in [-0.1, -0.05) is 93.1 Å². The summed E-state index contributed by atoms with van der Waals surface area (Å²) in [5, 5.41) is 0. The van der Waals surface area contributed by atoms with E-state index in [4.69, 9.17) is 0 Å². The number of benzene rings is 3. The minimum Gasteiger partial charge on any atom is -0.258 e. The number of hydrogen-bond donors (Lipinski definition) is 0. The van der Waals surface area contributed by atoms with Crippen LogP contribution in [0.2, 0.25) is 0 Å². The first-order valence-corrected chi connectivity index (χ1v) is 19.2. The zero-order chi connectivity index (χ0) is 36.8. The Morgan fingerprint density at radius 1 is 0.404 bits per heavy atom. The minimum atomic E-state index is 0.445. The van der Waals surface area contributed by atoms with Crippen LogP contribution in [-0.2, 0) is 0 Å². The highest BCUT2D eigenvalue weighted by atomic mass is 14.7. The SMILES string of the molecule is CCC(CCCC(CC(C)c1ccc(-c2cc(C)nc(C)c2)cc1)c1ccc(-c2cc(C)nc(C)c2)cc1)c1ccc(-c2cc(C)nc(C)c2)cc1. The molecule has 6 aromatic rings. The van der Waals surface area contributed by atoms with E-state index in [-0.39, 0.29) is 0 Å². The molecular formula is C49H55N3. The Balaban J connectivity index is 1.18. The third-order valence-corrected chi connectivity index (χ3v) is 10.7. The summed E-state index contributed by atoms with van der Waals surface area (Å²) in [6.45, 7) is 17.2. The van der Waals surface area contributed by atoms with Crippen LogP contribution in [0, 0.1) is 41.5 Å². The maximum atomic E-state index is 4.59. The van der Waals surface area contributed by atoms with Gasteiger partial charge >= 0.3 is 0 Å². The first-order valence-electron chi connectivity index (χ1n) is 19.2. The van der Waals surface area contributed by atoms with Gasteiger partial charge in [-0.05, 0) is 171 Å². The Bertz CT molecular complexity index is 2030. The van der Waals surface area contributed by atoms with E-state index in [9.17, 15) is 0 Å². The van der Waals surface area contributed by atoms with E-state index in [0.717, 1.165) is 47.0 Å². The third kappa shape index (κ3) is 9.31. The van der Waals surface area contributed by atoms with Crippen molar-refractivity contribution in [3.8, 4) is 33.4 Å². The molecule has 3 heterocycles. The number of aromatic nitrogens is 3. The van der Waals surface area contributed by atoms with E-state index in [0.29, 0.717) is 17.8 Å². The first-order chi connectivity index (χ1) is 25.0. The third-order valence-electron chi connectivity index (χ3n) is 10.7. The van der Waals surface area contributed by atoms with Crippen molar-refractivity contribution in [1.82, 2.24) is 15.0 Å². The largest absolute Gasteiger partial charge is 0.258 e. The van der Waals surface area contributed by atoms with Gasteiger partial charge in [0.1, 0.15) is 0 Å². The molecule has 0 amide bonds. The van der Waals surface area contributed by atoms with Gasteiger partial charge in [0.05, 0.1) is 0 Å². The summed E-state index contributed by atoms with van der Waals surface area (Å²) < 4.78 is 0. The highest BCUT2D eigenvalue weighted by molar-refractivity contribution is 5.66. The lowest BCUT2D eigenvalue weighted by Crippen LogP contribution is -2.06. The van der Waals surface area contributed by atoms with Crippen molar-refractivity contribution in [1.29, 1.82) is 0 Å². The number of hydrogen-bond acceptors (Lipinski definition) is 3. The van der Waals surface area contributed by atoms with Crippen LogP contribution in [0.4, 0.5) is 0 Å². The lowest BCUT2D eigenvalue weighted by Gasteiger charge is -2.24. The Morgan fingerprint density at radius 2 is 0.712 bits per heavy atom. The van der Waals surface area contributed by atoms with Gasteiger partial charge in [0.2, 0.25) is 0 Å². The summed E-state index contributed by atoms with van der Waals surface area (Å²) >= 11 is 0. The number of nitrogens with zero attached hydrogens (tertiary/aromatic N) is 3. The summed E-state index contributed by atoms with van der Waals surface area (Å²) in [7, 11) is 0. The molecule has 0 N–H and O–H groups in total. The molecule has 266 valence electrons. The van der Waals surface area contributed by atoms with Crippen molar-refractivity contribution in [3.63, 3.8) is 0 Å². The minimum absolute atomic E-state index is 0.445. The molecule has 0 fully saturated rings. The van der Waals surface area contributed by atoms with Crippen molar-refractivity contribution >= 4 is 0 Å². The van der Waals surface area contributed by atoms with Gasteiger partial charge in [-0.15, -0.1) is 0 Å². The summed E-state index contributed by atoms with van der Waals surface area (Å²) in [4.78, 5) is 13.7. The maximum Gasteiger partial charge on any atom is 0.0382 e. The van der Waals surface area contributed by atoms with Crippen LogP contribution >= 0.6 is 0 Å². The van der Waals surface area contributed by atoms with Crippen LogP contribution < -0.4 is 0 Å². The van der Waals surface area contributed by atoms with Crippen molar-refractivity contribution < 1.29 is 0 Å². The lowest BCUT2D eigenvalue weighted by molar-refractivity contribution is 0.475. The zero-order valence-electron chi connectivity index (χ0n) is 32.5. The molecule has 3 nitrogen and oxygen atoms in total. The predicted molar refractivity (Wildman–Crippen MR) is 220 cm³/mol. The molecule has 3 unspecified atom stereocenters. The Labute approximate surface area is 312 Å². The average Bonchev–Trinajstić information content (AvgIpc) is 3.12. The average molecular weight is 686 g/mol. The van der Waals surface area contributed by atoms with E-state index < -0.39 is 0 Å². The van der Waals surface area contributed by atoms with Crippen LogP contribution in [-0.4, -0.2) is 15.0 Å². The van der Waals surface area contributed by atoms with E-state index in [2.05, 4.69) is 180 Å². The molecule has 3 heteroatoms. The lowest BCUT2D eigenvalue weighted by atomic mass is 9.81. The summed E-state index contributed by atoms with van der Waals surface area (Å²) in [5.74, 6) is 1.48. The van der Waals surface area contributed by atoms with Crippen LogP contribution in [0.1, 0.15) is 115 Å². The Morgan fingerprint density at radius 3 is 1.06 bits per heavy atom. The molecule has 0 spiro atoms. The Hall–Kier alpha value is -4.89. The van der Waals surface area contributed by atoms with E-state index >= 15 is 0 Å². The van der Waals surface area contributed by atoms with Crippen LogP contribution in [0.15, 0.2) is 109 Å². The molecule has 0 aliphatic heterocycles. The van der Waals surface area contributed by atoms with Gasteiger partial charge < -0.3 is 0 Å².